The van der Waals surface area contributed by atoms with Crippen LogP contribution in [0.3, 0.4) is 0 Å². The van der Waals surface area contributed by atoms with Gasteiger partial charge in [0.15, 0.2) is 6.10 Å². The van der Waals surface area contributed by atoms with E-state index in [9.17, 15) is 19.0 Å². The third-order valence-electron chi connectivity index (χ3n) is 14.1. The Hall–Kier alpha value is -5.15. The number of unbranched alkanes of at least 4 members (excludes halogenated alkanes) is 16. The van der Waals surface area contributed by atoms with Crippen LogP contribution < -0.4 is 0 Å². The lowest BCUT2D eigenvalue weighted by atomic mass is 10.1. The molecule has 0 saturated heterocycles. The second-order valence-corrected chi connectivity index (χ2v) is 25.3. The lowest BCUT2D eigenvalue weighted by molar-refractivity contribution is -0.870. The molecule has 0 aromatic rings. The molecule has 0 radical (unpaired) electrons. The summed E-state index contributed by atoms with van der Waals surface area (Å²) in [5, 5.41) is 0. The Kier molecular flexibility index (Phi) is 64.3. The average Bonchev–Trinajstić information content (AvgIpc) is 3.61. The van der Waals surface area contributed by atoms with Crippen molar-refractivity contribution in [3.63, 3.8) is 0 Å². The summed E-state index contributed by atoms with van der Waals surface area (Å²) in [6.07, 6.45) is 107. The number of carbonyl (C=O) groups excluding carboxylic acids is 2. The van der Waals surface area contributed by atoms with Gasteiger partial charge in [-0.15, -0.1) is 0 Å². The molecule has 0 spiro atoms. The Bertz CT molecular complexity index is 2220. The first-order valence-corrected chi connectivity index (χ1v) is 36.7. The van der Waals surface area contributed by atoms with Crippen LogP contribution in [-0.2, 0) is 32.7 Å². The Morgan fingerprint density at radius 2 is 0.600 bits per heavy atom. The minimum atomic E-state index is -4.41. The van der Waals surface area contributed by atoms with E-state index < -0.39 is 26.5 Å². The summed E-state index contributed by atoms with van der Waals surface area (Å²) in [4.78, 5) is 35.9. The Morgan fingerprint density at radius 1 is 0.344 bits per heavy atom. The third kappa shape index (κ3) is 71.9. The van der Waals surface area contributed by atoms with E-state index in [0.29, 0.717) is 17.4 Å². The Morgan fingerprint density at radius 3 is 0.889 bits per heavy atom. The minimum absolute atomic E-state index is 0.0174. The molecule has 0 rings (SSSR count). The number of hydrogen-bond acceptors (Lipinski definition) is 7. The van der Waals surface area contributed by atoms with Crippen molar-refractivity contribution in [1.82, 2.24) is 0 Å². The zero-order valence-electron chi connectivity index (χ0n) is 57.5. The maximum absolute atomic E-state index is 12.9. The molecule has 0 aliphatic carbocycles. The first kappa shape index (κ1) is 84.8. The predicted octanol–water partition coefficient (Wildman–Crippen LogP) is 23.3. The monoisotopic (exact) mass is 1260 g/mol. The minimum Gasteiger partial charge on any atom is -0.462 e. The van der Waals surface area contributed by atoms with Gasteiger partial charge >= 0.3 is 19.8 Å². The zero-order valence-corrected chi connectivity index (χ0v) is 58.4. The molecule has 0 heterocycles. The summed E-state index contributed by atoms with van der Waals surface area (Å²) in [7, 11) is 1.44. The van der Waals surface area contributed by atoms with E-state index in [-0.39, 0.29) is 32.0 Å². The van der Waals surface area contributed by atoms with E-state index in [2.05, 4.69) is 208 Å². The average molecular weight is 1260 g/mol. The number of nitrogens with zero attached hydrogens (tertiary/aromatic N) is 1. The smallest absolute Gasteiger partial charge is 0.462 e. The first-order valence-electron chi connectivity index (χ1n) is 35.2. The summed E-state index contributed by atoms with van der Waals surface area (Å²) in [6.45, 7) is 4.16. The number of phosphoric acid groups is 1. The number of phosphoric ester groups is 1. The molecule has 506 valence electrons. The Labute approximate surface area is 552 Å². The number of ether oxygens (including phenoxy) is 2. The van der Waals surface area contributed by atoms with E-state index in [1.54, 1.807) is 0 Å². The van der Waals surface area contributed by atoms with E-state index >= 15 is 0 Å². The molecular weight excluding hydrogens is 1130 g/mol. The van der Waals surface area contributed by atoms with E-state index in [1.807, 2.05) is 21.1 Å². The number of esters is 2. The molecule has 0 aromatic heterocycles. The molecular formula is C80H129NO8P+. The second-order valence-electron chi connectivity index (χ2n) is 23.8. The lowest BCUT2D eigenvalue weighted by Gasteiger charge is -2.24. The van der Waals surface area contributed by atoms with Crippen molar-refractivity contribution in [3.8, 4) is 0 Å². The summed E-state index contributed by atoms with van der Waals surface area (Å²) >= 11 is 0. The summed E-state index contributed by atoms with van der Waals surface area (Å²) in [5.41, 5.74) is 0. The number of allylic oxidation sites excluding steroid dienone is 32. The number of hydrogen-bond donors (Lipinski definition) is 1. The molecule has 0 saturated carbocycles. The highest BCUT2D eigenvalue weighted by atomic mass is 31.2. The molecule has 0 amide bonds. The van der Waals surface area contributed by atoms with Gasteiger partial charge in [0.1, 0.15) is 19.8 Å². The second kappa shape index (κ2) is 68.2. The van der Waals surface area contributed by atoms with Crippen molar-refractivity contribution in [1.29, 1.82) is 0 Å². The maximum atomic E-state index is 12.9. The van der Waals surface area contributed by atoms with Crippen molar-refractivity contribution in [3.05, 3.63) is 194 Å². The van der Waals surface area contributed by atoms with Gasteiger partial charge in [-0.2, -0.15) is 0 Å². The molecule has 0 bridgehead atoms. The highest BCUT2D eigenvalue weighted by molar-refractivity contribution is 7.47. The van der Waals surface area contributed by atoms with Crippen molar-refractivity contribution < 1.29 is 42.1 Å². The molecule has 0 aliphatic rings. The number of quaternary nitrogens is 1. The van der Waals surface area contributed by atoms with Gasteiger partial charge in [-0.25, -0.2) is 4.57 Å². The normalized spacial score (nSPS) is 14.3. The maximum Gasteiger partial charge on any atom is 0.472 e. The molecule has 0 aliphatic heterocycles. The number of carbonyl (C=O) groups is 2. The fourth-order valence-electron chi connectivity index (χ4n) is 8.81. The quantitative estimate of drug-likeness (QED) is 0.0211. The predicted molar refractivity (Wildman–Crippen MR) is 389 cm³/mol. The third-order valence-corrected chi connectivity index (χ3v) is 15.1. The molecule has 0 aromatic carbocycles. The van der Waals surface area contributed by atoms with Gasteiger partial charge in [-0.1, -0.05) is 285 Å². The van der Waals surface area contributed by atoms with Gasteiger partial charge in [-0.3, -0.25) is 18.6 Å². The van der Waals surface area contributed by atoms with Crippen LogP contribution in [0.25, 0.3) is 0 Å². The van der Waals surface area contributed by atoms with Gasteiger partial charge in [0, 0.05) is 12.8 Å². The highest BCUT2D eigenvalue weighted by Gasteiger charge is 2.27. The molecule has 2 unspecified atom stereocenters. The van der Waals surface area contributed by atoms with Gasteiger partial charge in [0.05, 0.1) is 27.7 Å². The van der Waals surface area contributed by atoms with Crippen LogP contribution in [0.2, 0.25) is 0 Å². The van der Waals surface area contributed by atoms with Crippen LogP contribution in [0, 0.1) is 0 Å². The van der Waals surface area contributed by atoms with Crippen molar-refractivity contribution in [2.45, 2.75) is 251 Å². The van der Waals surface area contributed by atoms with Crippen molar-refractivity contribution >= 4 is 19.8 Å². The van der Waals surface area contributed by atoms with E-state index in [4.69, 9.17) is 18.5 Å². The molecule has 1 N–H and O–H groups in total. The largest absolute Gasteiger partial charge is 0.472 e. The molecule has 0 fully saturated rings. The van der Waals surface area contributed by atoms with Gasteiger partial charge < -0.3 is 18.9 Å². The zero-order chi connectivity index (χ0) is 65.5. The summed E-state index contributed by atoms with van der Waals surface area (Å²) in [6, 6.07) is 0. The summed E-state index contributed by atoms with van der Waals surface area (Å²) < 4.78 is 34.7. The van der Waals surface area contributed by atoms with Crippen LogP contribution in [-0.4, -0.2) is 74.9 Å². The van der Waals surface area contributed by atoms with Crippen LogP contribution in [0.1, 0.15) is 245 Å². The van der Waals surface area contributed by atoms with Crippen LogP contribution in [0.15, 0.2) is 194 Å². The number of rotatable bonds is 62. The SMILES string of the molecule is CC/C=C\C/C=C\C/C=C\C/C=C\C/C=C\C/C=C\C/C=C\C/C=C\C/C=C\CCCCCCCCCC(=O)OC(COC(=O)CCCCCCCCCCC/C=C\C/C=C\C/C=C\C/C=C\C/C=C\C/C=C\C/C=C\CC)COP(=O)(O)OCC[N+](C)(C)C. The van der Waals surface area contributed by atoms with E-state index in [1.165, 1.54) is 51.4 Å². The molecule has 2 atom stereocenters. The van der Waals surface area contributed by atoms with Crippen LogP contribution in [0.4, 0.5) is 0 Å². The molecule has 90 heavy (non-hydrogen) atoms. The highest BCUT2D eigenvalue weighted by Crippen LogP contribution is 2.43. The topological polar surface area (TPSA) is 108 Å². The summed E-state index contributed by atoms with van der Waals surface area (Å²) in [5.74, 6) is -0.831. The van der Waals surface area contributed by atoms with Crippen molar-refractivity contribution in [2.75, 3.05) is 47.5 Å². The number of likely N-dealkylation sites (N-methyl/N-ethyl adjacent to an activating group) is 1. The Balaban J connectivity index is 4.19. The fourth-order valence-corrected chi connectivity index (χ4v) is 9.55. The first-order chi connectivity index (χ1) is 44.0. The standard InChI is InChI=1S/C80H128NO8P/c1-6-8-10-12-14-16-18-20-22-24-26-28-30-32-34-36-38-39-40-41-43-45-47-49-51-53-55-57-59-61-63-65-67-69-71-73-80(83)89-78(77-88-90(84,85)87-75-74-81(3,4)5)76-86-79(82)72-70-68-66-64-62-60-58-56-54-52-50-48-46-44-42-37-35-33-31-29-27-25-23-21-19-17-15-13-11-9-7-2/h8-11,14-17,20-23,26-29,32-35,38-39,41-44,47-50,53,55,78H,6-7,12-13,18-19,24-25,30-31,36-37,40,45-46,51-52,54,56-77H2,1-5H3/p+1/b10-8-,11-9-,16-14-,17-15-,22-20-,23-21-,28-26-,29-27-,34-32-,35-33-,39-38-,43-41-,44-42-,49-47-,50-48-,55-53-. The van der Waals surface area contributed by atoms with Crippen LogP contribution in [0.5, 0.6) is 0 Å². The molecule has 9 nitrogen and oxygen atoms in total. The molecule has 10 heteroatoms. The van der Waals surface area contributed by atoms with E-state index in [0.717, 1.165) is 161 Å². The van der Waals surface area contributed by atoms with Gasteiger partial charge in [0.2, 0.25) is 0 Å². The van der Waals surface area contributed by atoms with Crippen LogP contribution >= 0.6 is 7.82 Å². The van der Waals surface area contributed by atoms with Gasteiger partial charge in [0.25, 0.3) is 0 Å². The fraction of sp³-hybridized carbons (Fsp3) is 0.575. The lowest BCUT2D eigenvalue weighted by Crippen LogP contribution is -2.37. The van der Waals surface area contributed by atoms with Crippen molar-refractivity contribution in [2.24, 2.45) is 0 Å². The van der Waals surface area contributed by atoms with Gasteiger partial charge in [-0.05, 0) is 141 Å².